The first-order chi connectivity index (χ1) is 14.5. The van der Waals surface area contributed by atoms with E-state index in [0.29, 0.717) is 16.2 Å². The van der Waals surface area contributed by atoms with Gasteiger partial charge in [0.15, 0.2) is 5.16 Å². The molecule has 158 valence electrons. The number of methoxy groups -OCH3 is 1. The number of amides is 1. The highest BCUT2D eigenvalue weighted by Gasteiger charge is 2.21. The highest BCUT2D eigenvalue weighted by Crippen LogP contribution is 2.30. The lowest BCUT2D eigenvalue weighted by Gasteiger charge is -2.26. The Labute approximate surface area is 183 Å². The molecule has 0 atom stereocenters. The Balaban J connectivity index is 1.74. The SMILES string of the molecule is COc1ccc(-n2c(SCC(=O)N3CCCCC3)nc3sc(C)c(C)c3c2=O)cc1. The number of nitrogens with zero attached hydrogens (tertiary/aromatic N) is 3. The third-order valence-corrected chi connectivity index (χ3v) is 7.56. The molecule has 1 saturated heterocycles. The van der Waals surface area contributed by atoms with Crippen LogP contribution in [-0.4, -0.2) is 46.3 Å². The van der Waals surface area contributed by atoms with Gasteiger partial charge in [0.05, 0.1) is 23.9 Å². The Morgan fingerprint density at radius 1 is 1.17 bits per heavy atom. The number of ether oxygens (including phenoxy) is 1. The molecule has 2 aromatic heterocycles. The van der Waals surface area contributed by atoms with Gasteiger partial charge in [0.2, 0.25) is 5.91 Å². The second-order valence-corrected chi connectivity index (χ2v) is 9.57. The van der Waals surface area contributed by atoms with Gasteiger partial charge < -0.3 is 9.64 Å². The molecule has 3 aromatic rings. The van der Waals surface area contributed by atoms with E-state index < -0.39 is 0 Å². The molecule has 30 heavy (non-hydrogen) atoms. The van der Waals surface area contributed by atoms with Gasteiger partial charge >= 0.3 is 0 Å². The number of thiophene rings is 1. The fourth-order valence-electron chi connectivity index (χ4n) is 3.69. The number of carbonyl (C=O) groups is 1. The maximum absolute atomic E-state index is 13.5. The van der Waals surface area contributed by atoms with Crippen LogP contribution in [0.15, 0.2) is 34.2 Å². The Hall–Kier alpha value is -2.32. The molecule has 0 N–H and O–H groups in total. The third-order valence-electron chi connectivity index (χ3n) is 5.54. The maximum atomic E-state index is 13.5. The largest absolute Gasteiger partial charge is 0.497 e. The quantitative estimate of drug-likeness (QED) is 0.437. The van der Waals surface area contributed by atoms with E-state index in [-0.39, 0.29) is 17.2 Å². The number of hydrogen-bond donors (Lipinski definition) is 0. The molecule has 6 nitrogen and oxygen atoms in total. The smallest absolute Gasteiger partial charge is 0.267 e. The van der Waals surface area contributed by atoms with Crippen molar-refractivity contribution in [3.05, 3.63) is 45.1 Å². The van der Waals surface area contributed by atoms with Crippen LogP contribution in [0, 0.1) is 13.8 Å². The molecule has 8 heteroatoms. The van der Waals surface area contributed by atoms with Crippen LogP contribution in [0.5, 0.6) is 5.75 Å². The predicted octanol–water partition coefficient (Wildman–Crippen LogP) is 4.18. The van der Waals surface area contributed by atoms with Crippen molar-refractivity contribution in [3.8, 4) is 11.4 Å². The standard InChI is InChI=1S/C22H25N3O3S2/c1-14-15(2)30-20-19(14)21(27)25(16-7-9-17(28-3)10-8-16)22(23-20)29-13-18(26)24-11-5-4-6-12-24/h7-10H,4-6,11-13H2,1-3H3. The molecular weight excluding hydrogens is 418 g/mol. The molecule has 0 spiro atoms. The number of likely N-dealkylation sites (tertiary alicyclic amines) is 1. The average molecular weight is 444 g/mol. The van der Waals surface area contributed by atoms with Crippen molar-refractivity contribution in [2.75, 3.05) is 26.0 Å². The summed E-state index contributed by atoms with van der Waals surface area (Å²) in [6.07, 6.45) is 3.30. The van der Waals surface area contributed by atoms with Crippen molar-refractivity contribution >= 4 is 39.2 Å². The molecule has 1 aromatic carbocycles. The summed E-state index contributed by atoms with van der Waals surface area (Å²) >= 11 is 2.86. The normalized spacial score (nSPS) is 14.3. The zero-order valence-electron chi connectivity index (χ0n) is 17.4. The number of piperidine rings is 1. The molecule has 3 heterocycles. The minimum atomic E-state index is -0.0973. The summed E-state index contributed by atoms with van der Waals surface area (Å²) in [4.78, 5) is 34.7. The summed E-state index contributed by atoms with van der Waals surface area (Å²) in [5.74, 6) is 1.10. The molecule has 0 unspecified atom stereocenters. The predicted molar refractivity (Wildman–Crippen MR) is 122 cm³/mol. The van der Waals surface area contributed by atoms with Crippen LogP contribution in [0.3, 0.4) is 0 Å². The van der Waals surface area contributed by atoms with Gasteiger partial charge in [-0.05, 0) is 62.9 Å². The number of benzene rings is 1. The lowest BCUT2D eigenvalue weighted by molar-refractivity contribution is -0.129. The number of aromatic nitrogens is 2. The van der Waals surface area contributed by atoms with Crippen LogP contribution in [0.25, 0.3) is 15.9 Å². The monoisotopic (exact) mass is 443 g/mol. The van der Waals surface area contributed by atoms with Crippen molar-refractivity contribution in [2.24, 2.45) is 0 Å². The lowest BCUT2D eigenvalue weighted by Crippen LogP contribution is -2.36. The highest BCUT2D eigenvalue weighted by atomic mass is 32.2. The second-order valence-electron chi connectivity index (χ2n) is 7.43. The first-order valence-electron chi connectivity index (χ1n) is 10.1. The topological polar surface area (TPSA) is 64.4 Å². The zero-order valence-corrected chi connectivity index (χ0v) is 19.1. The Morgan fingerprint density at radius 2 is 1.87 bits per heavy atom. The van der Waals surface area contributed by atoms with E-state index in [1.165, 1.54) is 29.5 Å². The van der Waals surface area contributed by atoms with E-state index in [4.69, 9.17) is 9.72 Å². The lowest BCUT2D eigenvalue weighted by atomic mass is 10.1. The van der Waals surface area contributed by atoms with Crippen LogP contribution in [0.1, 0.15) is 29.7 Å². The van der Waals surface area contributed by atoms with Crippen LogP contribution in [0.2, 0.25) is 0 Å². The van der Waals surface area contributed by atoms with E-state index in [0.717, 1.165) is 47.0 Å². The first kappa shape index (κ1) is 20.9. The summed E-state index contributed by atoms with van der Waals surface area (Å²) in [5.41, 5.74) is 1.59. The van der Waals surface area contributed by atoms with Gasteiger partial charge in [-0.15, -0.1) is 11.3 Å². The molecule has 0 bridgehead atoms. The van der Waals surface area contributed by atoms with Gasteiger partial charge in [-0.3, -0.25) is 14.2 Å². The minimum Gasteiger partial charge on any atom is -0.497 e. The fraction of sp³-hybridized carbons (Fsp3) is 0.409. The molecule has 0 aliphatic carbocycles. The van der Waals surface area contributed by atoms with E-state index in [9.17, 15) is 9.59 Å². The number of thioether (sulfide) groups is 1. The minimum absolute atomic E-state index is 0.0973. The molecular formula is C22H25N3O3S2. The molecule has 0 saturated carbocycles. The fourth-order valence-corrected chi connectivity index (χ4v) is 5.68. The molecule has 1 fully saturated rings. The van der Waals surface area contributed by atoms with E-state index >= 15 is 0 Å². The van der Waals surface area contributed by atoms with Gasteiger partial charge in [-0.25, -0.2) is 4.98 Å². The summed E-state index contributed by atoms with van der Waals surface area (Å²) in [6.45, 7) is 5.61. The third kappa shape index (κ3) is 3.98. The number of aryl methyl sites for hydroxylation is 2. The van der Waals surface area contributed by atoms with Gasteiger partial charge in [-0.1, -0.05) is 11.8 Å². The van der Waals surface area contributed by atoms with Crippen molar-refractivity contribution in [2.45, 2.75) is 38.3 Å². The summed E-state index contributed by atoms with van der Waals surface area (Å²) in [5, 5.41) is 1.20. The number of hydrogen-bond acceptors (Lipinski definition) is 6. The van der Waals surface area contributed by atoms with Crippen molar-refractivity contribution in [1.29, 1.82) is 0 Å². The highest BCUT2D eigenvalue weighted by molar-refractivity contribution is 7.99. The number of carbonyl (C=O) groups excluding carboxylic acids is 1. The molecule has 1 aliphatic rings. The summed E-state index contributed by atoms with van der Waals surface area (Å²) < 4.78 is 6.87. The van der Waals surface area contributed by atoms with Crippen molar-refractivity contribution in [3.63, 3.8) is 0 Å². The Kier molecular flexibility index (Phi) is 6.15. The van der Waals surface area contributed by atoms with Crippen LogP contribution in [-0.2, 0) is 4.79 Å². The molecule has 1 aliphatic heterocycles. The van der Waals surface area contributed by atoms with Crippen LogP contribution < -0.4 is 10.3 Å². The summed E-state index contributed by atoms with van der Waals surface area (Å²) in [6, 6.07) is 7.34. The first-order valence-corrected chi connectivity index (χ1v) is 11.9. The van der Waals surface area contributed by atoms with E-state index in [1.807, 2.05) is 43.0 Å². The van der Waals surface area contributed by atoms with Gasteiger partial charge in [0, 0.05) is 18.0 Å². The Morgan fingerprint density at radius 3 is 2.53 bits per heavy atom. The molecule has 1 amide bonds. The Bertz CT molecular complexity index is 1130. The maximum Gasteiger partial charge on any atom is 0.267 e. The zero-order chi connectivity index (χ0) is 21.3. The van der Waals surface area contributed by atoms with Gasteiger partial charge in [0.25, 0.3) is 5.56 Å². The van der Waals surface area contributed by atoms with Gasteiger partial charge in [0.1, 0.15) is 10.6 Å². The van der Waals surface area contributed by atoms with Crippen molar-refractivity contribution in [1.82, 2.24) is 14.5 Å². The number of rotatable bonds is 5. The van der Waals surface area contributed by atoms with Crippen LogP contribution >= 0.6 is 23.1 Å². The van der Waals surface area contributed by atoms with Crippen LogP contribution in [0.4, 0.5) is 0 Å². The number of fused-ring (bicyclic) bond motifs is 1. The summed E-state index contributed by atoms with van der Waals surface area (Å²) in [7, 11) is 1.61. The van der Waals surface area contributed by atoms with E-state index in [2.05, 4.69) is 0 Å². The van der Waals surface area contributed by atoms with Gasteiger partial charge in [-0.2, -0.15) is 0 Å². The molecule has 0 radical (unpaired) electrons. The second kappa shape index (κ2) is 8.81. The average Bonchev–Trinajstić information content (AvgIpc) is 3.06. The van der Waals surface area contributed by atoms with E-state index in [1.54, 1.807) is 11.7 Å². The van der Waals surface area contributed by atoms with Crippen molar-refractivity contribution < 1.29 is 9.53 Å². The molecule has 4 rings (SSSR count).